The van der Waals surface area contributed by atoms with Crippen LogP contribution >= 0.6 is 0 Å². The van der Waals surface area contributed by atoms with Crippen LogP contribution in [-0.2, 0) is 10.3 Å². The Hall–Kier alpha value is -1.00. The van der Waals surface area contributed by atoms with Crippen molar-refractivity contribution in [3.63, 3.8) is 0 Å². The van der Waals surface area contributed by atoms with Gasteiger partial charge in [-0.05, 0) is 51.2 Å². The number of nitrogens with two attached hydrogens (primary N) is 1. The summed E-state index contributed by atoms with van der Waals surface area (Å²) in [5, 5.41) is 0. The summed E-state index contributed by atoms with van der Waals surface area (Å²) in [4.78, 5) is 4.07. The van der Waals surface area contributed by atoms with Crippen molar-refractivity contribution in [1.82, 2.24) is 4.98 Å². The van der Waals surface area contributed by atoms with Gasteiger partial charge in [0, 0.05) is 6.61 Å². The molecule has 2 heterocycles. The molecule has 0 bridgehead atoms. The third-order valence-electron chi connectivity index (χ3n) is 3.56. The second kappa shape index (κ2) is 5.76. The van der Waals surface area contributed by atoms with E-state index in [2.05, 4.69) is 4.98 Å². The molecule has 1 saturated heterocycles. The minimum Gasteiger partial charge on any atom is -0.378 e. The van der Waals surface area contributed by atoms with Crippen LogP contribution in [-0.4, -0.2) is 17.7 Å². The molecule has 2 atom stereocenters. The van der Waals surface area contributed by atoms with Gasteiger partial charge in [-0.15, -0.1) is 0 Å². The summed E-state index contributed by atoms with van der Waals surface area (Å²) >= 11 is 0. The number of rotatable bonds is 5. The summed E-state index contributed by atoms with van der Waals surface area (Å²) in [6, 6.07) is 3.08. The van der Waals surface area contributed by atoms with Crippen molar-refractivity contribution in [3.05, 3.63) is 29.8 Å². The molecule has 2 rings (SSSR count). The van der Waals surface area contributed by atoms with Crippen molar-refractivity contribution in [2.24, 2.45) is 5.73 Å². The van der Waals surface area contributed by atoms with Crippen LogP contribution < -0.4 is 5.73 Å². The standard InChI is InChI=1S/C14H21FN2O/c1-14(16,13-7-6-11(15)10-17-13)8-2-4-12-5-3-9-18-12/h6-7,10,12H,2-5,8-9,16H2,1H3. The third kappa shape index (κ3) is 3.50. The van der Waals surface area contributed by atoms with E-state index in [0.717, 1.165) is 38.0 Å². The second-order valence-electron chi connectivity index (χ2n) is 5.31. The van der Waals surface area contributed by atoms with Crippen LogP contribution in [0.1, 0.15) is 44.7 Å². The molecule has 3 nitrogen and oxygen atoms in total. The highest BCUT2D eigenvalue weighted by Gasteiger charge is 2.23. The maximum absolute atomic E-state index is 12.8. The van der Waals surface area contributed by atoms with Crippen LogP contribution in [0.2, 0.25) is 0 Å². The number of halogens is 1. The topological polar surface area (TPSA) is 48.1 Å². The Morgan fingerprint density at radius 1 is 1.56 bits per heavy atom. The van der Waals surface area contributed by atoms with Gasteiger partial charge in [0.25, 0.3) is 0 Å². The highest BCUT2D eigenvalue weighted by molar-refractivity contribution is 5.14. The molecule has 18 heavy (non-hydrogen) atoms. The van der Waals surface area contributed by atoms with Gasteiger partial charge in [-0.2, -0.15) is 0 Å². The van der Waals surface area contributed by atoms with Crippen LogP contribution in [0.3, 0.4) is 0 Å². The lowest BCUT2D eigenvalue weighted by Gasteiger charge is -2.24. The molecule has 0 spiro atoms. The lowest BCUT2D eigenvalue weighted by molar-refractivity contribution is 0.100. The average Bonchev–Trinajstić information content (AvgIpc) is 2.82. The van der Waals surface area contributed by atoms with Gasteiger partial charge in [-0.25, -0.2) is 4.39 Å². The molecule has 1 aliphatic heterocycles. The lowest BCUT2D eigenvalue weighted by Crippen LogP contribution is -2.34. The molecule has 1 aromatic heterocycles. The molecule has 100 valence electrons. The highest BCUT2D eigenvalue weighted by atomic mass is 19.1. The first-order valence-corrected chi connectivity index (χ1v) is 6.60. The van der Waals surface area contributed by atoms with Crippen LogP contribution in [0.15, 0.2) is 18.3 Å². The second-order valence-corrected chi connectivity index (χ2v) is 5.31. The van der Waals surface area contributed by atoms with Gasteiger partial charge in [-0.3, -0.25) is 4.98 Å². The van der Waals surface area contributed by atoms with Crippen molar-refractivity contribution >= 4 is 0 Å². The van der Waals surface area contributed by atoms with E-state index in [0.29, 0.717) is 6.10 Å². The van der Waals surface area contributed by atoms with Gasteiger partial charge in [-0.1, -0.05) is 0 Å². The summed E-state index contributed by atoms with van der Waals surface area (Å²) in [6.07, 6.45) is 6.86. The molecular weight excluding hydrogens is 231 g/mol. The van der Waals surface area contributed by atoms with Gasteiger partial charge in [0.15, 0.2) is 0 Å². The monoisotopic (exact) mass is 252 g/mol. The number of ether oxygens (including phenoxy) is 1. The molecule has 1 aliphatic rings. The molecule has 2 N–H and O–H groups in total. The number of nitrogens with zero attached hydrogens (tertiary/aromatic N) is 1. The minimum atomic E-state index is -0.494. The summed E-state index contributed by atoms with van der Waals surface area (Å²) in [5.41, 5.74) is 6.50. The zero-order valence-electron chi connectivity index (χ0n) is 10.9. The van der Waals surface area contributed by atoms with E-state index in [-0.39, 0.29) is 5.82 Å². The fourth-order valence-corrected chi connectivity index (χ4v) is 2.41. The molecule has 0 amide bonds. The lowest BCUT2D eigenvalue weighted by atomic mass is 9.91. The largest absolute Gasteiger partial charge is 0.378 e. The van der Waals surface area contributed by atoms with Gasteiger partial charge >= 0.3 is 0 Å². The molecule has 1 fully saturated rings. The van der Waals surface area contributed by atoms with E-state index in [4.69, 9.17) is 10.5 Å². The number of aromatic nitrogens is 1. The van der Waals surface area contributed by atoms with Crippen LogP contribution in [0.4, 0.5) is 4.39 Å². The Morgan fingerprint density at radius 3 is 3.00 bits per heavy atom. The average molecular weight is 252 g/mol. The summed E-state index contributed by atoms with van der Waals surface area (Å²) in [5.74, 6) is -0.325. The van der Waals surface area contributed by atoms with Gasteiger partial charge in [0.1, 0.15) is 5.82 Å². The summed E-state index contributed by atoms with van der Waals surface area (Å²) < 4.78 is 18.4. The Morgan fingerprint density at radius 2 is 2.39 bits per heavy atom. The van der Waals surface area contributed by atoms with Crippen molar-refractivity contribution in [2.75, 3.05) is 6.61 Å². The fourth-order valence-electron chi connectivity index (χ4n) is 2.41. The number of hydrogen-bond donors (Lipinski definition) is 1. The molecule has 0 aliphatic carbocycles. The first kappa shape index (κ1) is 13.4. The highest BCUT2D eigenvalue weighted by Crippen LogP contribution is 2.25. The van der Waals surface area contributed by atoms with Crippen molar-refractivity contribution in [1.29, 1.82) is 0 Å². The van der Waals surface area contributed by atoms with E-state index in [1.807, 2.05) is 6.92 Å². The first-order valence-electron chi connectivity index (χ1n) is 6.60. The predicted octanol–water partition coefficient (Wildman–Crippen LogP) is 2.74. The Kier molecular flexibility index (Phi) is 4.30. The number of pyridine rings is 1. The number of hydrogen-bond acceptors (Lipinski definition) is 3. The zero-order valence-corrected chi connectivity index (χ0v) is 10.9. The zero-order chi connectivity index (χ0) is 13.0. The van der Waals surface area contributed by atoms with Crippen LogP contribution in [0.25, 0.3) is 0 Å². The molecule has 1 aromatic rings. The Labute approximate surface area is 108 Å². The fraction of sp³-hybridized carbons (Fsp3) is 0.643. The quantitative estimate of drug-likeness (QED) is 0.876. The molecule has 2 unspecified atom stereocenters. The van der Waals surface area contributed by atoms with Gasteiger partial charge in [0.05, 0.1) is 23.5 Å². The van der Waals surface area contributed by atoms with Crippen molar-refractivity contribution in [3.8, 4) is 0 Å². The Balaban J connectivity index is 1.84. The predicted molar refractivity (Wildman–Crippen MR) is 68.6 cm³/mol. The SMILES string of the molecule is CC(N)(CCCC1CCCO1)c1ccc(F)cn1. The molecule has 4 heteroatoms. The molecule has 0 radical (unpaired) electrons. The van der Waals surface area contributed by atoms with Gasteiger partial charge < -0.3 is 10.5 Å². The van der Waals surface area contributed by atoms with E-state index in [9.17, 15) is 4.39 Å². The summed E-state index contributed by atoms with van der Waals surface area (Å²) in [7, 11) is 0. The summed E-state index contributed by atoms with van der Waals surface area (Å²) in [6.45, 7) is 2.84. The van der Waals surface area contributed by atoms with Crippen molar-refractivity contribution < 1.29 is 9.13 Å². The third-order valence-corrected chi connectivity index (χ3v) is 3.56. The maximum atomic E-state index is 12.8. The van der Waals surface area contributed by atoms with Crippen LogP contribution in [0.5, 0.6) is 0 Å². The first-order chi connectivity index (χ1) is 8.58. The van der Waals surface area contributed by atoms with E-state index >= 15 is 0 Å². The maximum Gasteiger partial charge on any atom is 0.141 e. The minimum absolute atomic E-state index is 0.325. The van der Waals surface area contributed by atoms with E-state index < -0.39 is 5.54 Å². The Bertz CT molecular complexity index is 372. The normalized spacial score (nSPS) is 22.9. The molecule has 0 saturated carbocycles. The molecule has 0 aromatic carbocycles. The van der Waals surface area contributed by atoms with Crippen molar-refractivity contribution in [2.45, 2.75) is 50.7 Å². The molecular formula is C14H21FN2O. The van der Waals surface area contributed by atoms with Gasteiger partial charge in [0.2, 0.25) is 0 Å². The van der Waals surface area contributed by atoms with E-state index in [1.165, 1.54) is 18.7 Å². The van der Waals surface area contributed by atoms with Crippen LogP contribution in [0, 0.1) is 5.82 Å². The van der Waals surface area contributed by atoms with E-state index in [1.54, 1.807) is 6.07 Å². The smallest absolute Gasteiger partial charge is 0.141 e.